The van der Waals surface area contributed by atoms with E-state index < -0.39 is 9.84 Å². The molecule has 1 amide bonds. The van der Waals surface area contributed by atoms with Crippen molar-refractivity contribution in [3.05, 3.63) is 41.8 Å². The normalized spacial score (nSPS) is 11.4. The molecular formula is C17H23N3O4S. The van der Waals surface area contributed by atoms with Gasteiger partial charge in [0.1, 0.15) is 0 Å². The molecule has 0 saturated heterocycles. The summed E-state index contributed by atoms with van der Waals surface area (Å²) in [5, 5.41) is 9.79. The Kier molecular flexibility index (Phi) is 7.12. The lowest BCUT2D eigenvalue weighted by atomic mass is 10.1. The third-order valence-corrected chi connectivity index (χ3v) is 4.44. The summed E-state index contributed by atoms with van der Waals surface area (Å²) in [5.41, 5.74) is 1.16. The average Bonchev–Trinajstić information content (AvgIpc) is 3.06. The first-order valence-corrected chi connectivity index (χ1v) is 10.2. The molecule has 0 aliphatic rings. The Morgan fingerprint density at radius 2 is 1.84 bits per heavy atom. The molecule has 1 aromatic heterocycles. The van der Waals surface area contributed by atoms with Crippen molar-refractivity contribution in [3.8, 4) is 0 Å². The van der Waals surface area contributed by atoms with Crippen LogP contribution >= 0.6 is 0 Å². The van der Waals surface area contributed by atoms with Crippen molar-refractivity contribution in [2.75, 3.05) is 12.8 Å². The standard InChI is InChI=1S/C17H23N3O4S/c1-25(22,23)17-20-19-16(24-17)10-6-3-7-13-18-15(21)12-11-14-8-4-2-5-9-14/h2,4-5,8-9H,3,6-7,10-13H2,1H3,(H,18,21). The minimum Gasteiger partial charge on any atom is -0.413 e. The fraction of sp³-hybridized carbons (Fsp3) is 0.471. The Morgan fingerprint density at radius 3 is 2.52 bits per heavy atom. The zero-order chi connectivity index (χ0) is 18.1. The molecule has 2 aromatic rings. The summed E-state index contributed by atoms with van der Waals surface area (Å²) >= 11 is 0. The number of unbranched alkanes of at least 4 members (excludes halogenated alkanes) is 2. The summed E-state index contributed by atoms with van der Waals surface area (Å²) in [4.78, 5) is 11.8. The summed E-state index contributed by atoms with van der Waals surface area (Å²) in [7, 11) is -3.44. The van der Waals surface area contributed by atoms with Crippen LogP contribution in [0.15, 0.2) is 40.0 Å². The van der Waals surface area contributed by atoms with Crippen LogP contribution in [0.2, 0.25) is 0 Å². The van der Waals surface area contributed by atoms with E-state index >= 15 is 0 Å². The number of aryl methyl sites for hydroxylation is 2. The van der Waals surface area contributed by atoms with E-state index in [1.807, 2.05) is 30.3 Å². The van der Waals surface area contributed by atoms with Crippen molar-refractivity contribution >= 4 is 15.7 Å². The summed E-state index contributed by atoms with van der Waals surface area (Å²) in [6, 6.07) is 9.92. The Balaban J connectivity index is 1.54. The summed E-state index contributed by atoms with van der Waals surface area (Å²) in [6.07, 6.45) is 5.33. The highest BCUT2D eigenvalue weighted by molar-refractivity contribution is 7.90. The third kappa shape index (κ3) is 7.04. The fourth-order valence-electron chi connectivity index (χ4n) is 2.29. The molecule has 136 valence electrons. The smallest absolute Gasteiger partial charge is 0.335 e. The number of carbonyl (C=O) groups is 1. The van der Waals surface area contributed by atoms with Gasteiger partial charge in [-0.15, -0.1) is 5.10 Å². The van der Waals surface area contributed by atoms with Crippen LogP contribution < -0.4 is 5.32 Å². The third-order valence-electron chi connectivity index (χ3n) is 3.64. The maximum absolute atomic E-state index is 11.8. The summed E-state index contributed by atoms with van der Waals surface area (Å²) in [5.74, 6) is 0.380. The van der Waals surface area contributed by atoms with Crippen molar-refractivity contribution < 1.29 is 17.6 Å². The van der Waals surface area contributed by atoms with Crippen LogP contribution in [-0.4, -0.2) is 37.3 Å². The van der Waals surface area contributed by atoms with Crippen LogP contribution in [0, 0.1) is 0 Å². The number of hydrogen-bond donors (Lipinski definition) is 1. The van der Waals surface area contributed by atoms with Crippen molar-refractivity contribution in [3.63, 3.8) is 0 Å². The number of sulfone groups is 1. The van der Waals surface area contributed by atoms with Gasteiger partial charge in [0.15, 0.2) is 0 Å². The molecule has 0 radical (unpaired) electrons. The van der Waals surface area contributed by atoms with Crippen LogP contribution in [0.3, 0.4) is 0 Å². The Labute approximate surface area is 147 Å². The minimum absolute atomic E-state index is 0.0542. The maximum Gasteiger partial charge on any atom is 0.335 e. The first-order valence-electron chi connectivity index (χ1n) is 8.28. The molecule has 0 aliphatic carbocycles. The molecule has 2 rings (SSSR count). The van der Waals surface area contributed by atoms with Gasteiger partial charge in [-0.1, -0.05) is 41.9 Å². The van der Waals surface area contributed by atoms with Gasteiger partial charge in [-0.05, 0) is 24.8 Å². The molecule has 0 bridgehead atoms. The fourth-order valence-corrected chi connectivity index (χ4v) is 2.72. The quantitative estimate of drug-likeness (QED) is 0.646. The molecule has 0 atom stereocenters. The zero-order valence-corrected chi connectivity index (χ0v) is 15.1. The van der Waals surface area contributed by atoms with Gasteiger partial charge in [-0.2, -0.15) is 0 Å². The minimum atomic E-state index is -3.44. The van der Waals surface area contributed by atoms with E-state index in [4.69, 9.17) is 4.42 Å². The molecule has 0 unspecified atom stereocenters. The second kappa shape index (κ2) is 9.31. The van der Waals surface area contributed by atoms with Crippen molar-refractivity contribution in [1.29, 1.82) is 0 Å². The number of nitrogens with one attached hydrogen (secondary N) is 1. The lowest BCUT2D eigenvalue weighted by molar-refractivity contribution is -0.121. The molecule has 0 saturated carbocycles. The predicted molar refractivity (Wildman–Crippen MR) is 92.7 cm³/mol. The number of rotatable bonds is 10. The monoisotopic (exact) mass is 365 g/mol. The largest absolute Gasteiger partial charge is 0.413 e. The number of aromatic nitrogens is 2. The van der Waals surface area contributed by atoms with Gasteiger partial charge in [0.25, 0.3) is 0 Å². The number of nitrogens with zero attached hydrogens (tertiary/aromatic N) is 2. The lowest BCUT2D eigenvalue weighted by Gasteiger charge is -2.05. The topological polar surface area (TPSA) is 102 Å². The molecule has 1 heterocycles. The van der Waals surface area contributed by atoms with Crippen LogP contribution in [0.5, 0.6) is 0 Å². The van der Waals surface area contributed by atoms with Gasteiger partial charge < -0.3 is 9.73 Å². The highest BCUT2D eigenvalue weighted by Crippen LogP contribution is 2.10. The molecule has 1 aromatic carbocycles. The maximum atomic E-state index is 11.8. The number of hydrogen-bond acceptors (Lipinski definition) is 6. The molecule has 7 nitrogen and oxygen atoms in total. The number of carbonyl (C=O) groups excluding carboxylic acids is 1. The lowest BCUT2D eigenvalue weighted by Crippen LogP contribution is -2.24. The molecule has 1 N–H and O–H groups in total. The summed E-state index contributed by atoms with van der Waals surface area (Å²) in [6.45, 7) is 0.631. The van der Waals surface area contributed by atoms with E-state index in [0.717, 1.165) is 37.5 Å². The second-order valence-electron chi connectivity index (χ2n) is 5.88. The first-order chi connectivity index (χ1) is 11.9. The van der Waals surface area contributed by atoms with Crippen LogP contribution in [0.25, 0.3) is 0 Å². The molecule has 0 fully saturated rings. The van der Waals surface area contributed by atoms with Gasteiger partial charge in [0, 0.05) is 25.6 Å². The number of amides is 1. The van der Waals surface area contributed by atoms with Gasteiger partial charge >= 0.3 is 5.22 Å². The highest BCUT2D eigenvalue weighted by Gasteiger charge is 2.15. The molecule has 25 heavy (non-hydrogen) atoms. The van der Waals surface area contributed by atoms with E-state index in [0.29, 0.717) is 25.3 Å². The molecule has 8 heteroatoms. The highest BCUT2D eigenvalue weighted by atomic mass is 32.2. The van der Waals surface area contributed by atoms with Crippen molar-refractivity contribution in [1.82, 2.24) is 15.5 Å². The van der Waals surface area contributed by atoms with Gasteiger partial charge in [-0.3, -0.25) is 4.79 Å². The van der Waals surface area contributed by atoms with Gasteiger partial charge in [0.2, 0.25) is 21.6 Å². The van der Waals surface area contributed by atoms with Crippen molar-refractivity contribution in [2.45, 2.75) is 43.7 Å². The van der Waals surface area contributed by atoms with E-state index in [-0.39, 0.29) is 11.1 Å². The van der Waals surface area contributed by atoms with Crippen LogP contribution in [0.4, 0.5) is 0 Å². The van der Waals surface area contributed by atoms with E-state index in [1.54, 1.807) is 0 Å². The SMILES string of the molecule is CS(=O)(=O)c1nnc(CCCCCNC(=O)CCc2ccccc2)o1. The Bertz CT molecular complexity index is 772. The first kappa shape index (κ1) is 19.1. The molecular weight excluding hydrogens is 342 g/mol. The summed E-state index contributed by atoms with van der Waals surface area (Å²) < 4.78 is 27.6. The van der Waals surface area contributed by atoms with Crippen molar-refractivity contribution in [2.24, 2.45) is 0 Å². The predicted octanol–water partition coefficient (Wildman–Crippen LogP) is 1.93. The Morgan fingerprint density at radius 1 is 1.08 bits per heavy atom. The molecule has 0 spiro atoms. The Hall–Kier alpha value is -2.22. The zero-order valence-electron chi connectivity index (χ0n) is 14.3. The van der Waals surface area contributed by atoms with E-state index in [2.05, 4.69) is 15.5 Å². The van der Waals surface area contributed by atoms with Crippen LogP contribution in [-0.2, 0) is 27.5 Å². The van der Waals surface area contributed by atoms with E-state index in [9.17, 15) is 13.2 Å². The van der Waals surface area contributed by atoms with Gasteiger partial charge in [0.05, 0.1) is 0 Å². The van der Waals surface area contributed by atoms with E-state index in [1.165, 1.54) is 0 Å². The average molecular weight is 365 g/mol. The van der Waals surface area contributed by atoms with Gasteiger partial charge in [-0.25, -0.2) is 8.42 Å². The number of benzene rings is 1. The molecule has 0 aliphatic heterocycles. The van der Waals surface area contributed by atoms with Crippen LogP contribution in [0.1, 0.15) is 37.1 Å². The second-order valence-corrected chi connectivity index (χ2v) is 7.77.